The van der Waals surface area contributed by atoms with Crippen molar-refractivity contribution in [3.05, 3.63) is 72.6 Å². The van der Waals surface area contributed by atoms with Crippen molar-refractivity contribution in [3.63, 3.8) is 0 Å². The standard InChI is InChI=1S/C22H22F3N3O2/c1-21(2,13-29)9-19(17-10-26-14-27-11-17)20-8-5-16(12-28-20)15-3-6-18(7-4-15)30-22(23,24)25/h3-8,10-12,14,19,29H,9,13H2,1-2H3. The molecule has 0 aliphatic rings. The van der Waals surface area contributed by atoms with Gasteiger partial charge >= 0.3 is 6.36 Å². The Balaban J connectivity index is 1.84. The van der Waals surface area contributed by atoms with Gasteiger partial charge in [0.15, 0.2) is 0 Å². The van der Waals surface area contributed by atoms with E-state index in [1.54, 1.807) is 30.7 Å². The summed E-state index contributed by atoms with van der Waals surface area (Å²) in [7, 11) is 0. The summed E-state index contributed by atoms with van der Waals surface area (Å²) in [6, 6.07) is 9.38. The Kier molecular flexibility index (Phi) is 6.36. The van der Waals surface area contributed by atoms with Crippen LogP contribution in [0, 0.1) is 5.41 Å². The Bertz CT molecular complexity index is 944. The molecule has 1 atom stereocenters. The van der Waals surface area contributed by atoms with Crippen molar-refractivity contribution in [2.24, 2.45) is 5.41 Å². The van der Waals surface area contributed by atoms with Gasteiger partial charge in [-0.1, -0.05) is 32.0 Å². The van der Waals surface area contributed by atoms with Crippen molar-refractivity contribution in [1.29, 1.82) is 0 Å². The molecule has 0 aliphatic heterocycles. The zero-order valence-corrected chi connectivity index (χ0v) is 16.6. The molecule has 3 rings (SSSR count). The maximum atomic E-state index is 12.3. The summed E-state index contributed by atoms with van der Waals surface area (Å²) in [5.74, 6) is -0.379. The number of ether oxygens (including phenoxy) is 1. The number of pyridine rings is 1. The second-order valence-electron chi connectivity index (χ2n) is 7.79. The van der Waals surface area contributed by atoms with E-state index in [0.29, 0.717) is 6.42 Å². The maximum absolute atomic E-state index is 12.3. The van der Waals surface area contributed by atoms with Gasteiger partial charge < -0.3 is 9.84 Å². The van der Waals surface area contributed by atoms with Gasteiger partial charge in [0.25, 0.3) is 0 Å². The van der Waals surface area contributed by atoms with Crippen LogP contribution < -0.4 is 4.74 Å². The molecule has 1 aromatic carbocycles. The van der Waals surface area contributed by atoms with Crippen molar-refractivity contribution in [2.45, 2.75) is 32.5 Å². The third-order valence-corrected chi connectivity index (χ3v) is 4.73. The highest BCUT2D eigenvalue weighted by Gasteiger charge is 2.31. The van der Waals surface area contributed by atoms with Gasteiger partial charge in [-0.25, -0.2) is 9.97 Å². The molecule has 0 saturated carbocycles. The molecule has 158 valence electrons. The Morgan fingerprint density at radius 3 is 2.10 bits per heavy atom. The minimum atomic E-state index is -4.72. The number of aliphatic hydroxyl groups excluding tert-OH is 1. The van der Waals surface area contributed by atoms with Gasteiger partial charge in [0.2, 0.25) is 0 Å². The van der Waals surface area contributed by atoms with Crippen LogP contribution in [0.4, 0.5) is 13.2 Å². The van der Waals surface area contributed by atoms with E-state index < -0.39 is 6.36 Å². The first-order valence-corrected chi connectivity index (χ1v) is 9.35. The van der Waals surface area contributed by atoms with Gasteiger partial charge in [-0.15, -0.1) is 13.2 Å². The van der Waals surface area contributed by atoms with E-state index in [1.165, 1.54) is 18.5 Å². The SMILES string of the molecule is CC(C)(CO)CC(c1cncnc1)c1ccc(-c2ccc(OC(F)(F)F)cc2)cn1. The monoisotopic (exact) mass is 417 g/mol. The van der Waals surface area contributed by atoms with E-state index in [9.17, 15) is 18.3 Å². The van der Waals surface area contributed by atoms with Gasteiger partial charge in [-0.05, 0) is 41.2 Å². The van der Waals surface area contributed by atoms with Crippen molar-refractivity contribution in [3.8, 4) is 16.9 Å². The summed E-state index contributed by atoms with van der Waals surface area (Å²) < 4.78 is 40.8. The molecule has 5 nitrogen and oxygen atoms in total. The van der Waals surface area contributed by atoms with Crippen LogP contribution in [0.25, 0.3) is 11.1 Å². The zero-order valence-electron chi connectivity index (χ0n) is 16.6. The number of alkyl halides is 3. The van der Waals surface area contributed by atoms with E-state index in [1.807, 2.05) is 26.0 Å². The smallest absolute Gasteiger partial charge is 0.406 e. The second-order valence-corrected chi connectivity index (χ2v) is 7.79. The lowest BCUT2D eigenvalue weighted by Crippen LogP contribution is -2.21. The van der Waals surface area contributed by atoms with E-state index in [-0.39, 0.29) is 23.7 Å². The molecule has 1 N–H and O–H groups in total. The molecular weight excluding hydrogens is 395 g/mol. The van der Waals surface area contributed by atoms with Crippen LogP contribution >= 0.6 is 0 Å². The molecule has 0 aliphatic carbocycles. The number of rotatable bonds is 7. The number of benzene rings is 1. The number of aliphatic hydroxyl groups is 1. The molecular formula is C22H22F3N3O2. The number of hydrogen-bond donors (Lipinski definition) is 1. The van der Waals surface area contributed by atoms with Gasteiger partial charge in [0.1, 0.15) is 12.1 Å². The Hall–Kier alpha value is -3.00. The fourth-order valence-corrected chi connectivity index (χ4v) is 3.13. The lowest BCUT2D eigenvalue weighted by Gasteiger charge is -2.27. The molecule has 1 unspecified atom stereocenters. The first-order chi connectivity index (χ1) is 14.2. The highest BCUT2D eigenvalue weighted by atomic mass is 19.4. The van der Waals surface area contributed by atoms with Crippen LogP contribution in [0.3, 0.4) is 0 Å². The van der Waals surface area contributed by atoms with Gasteiger partial charge in [0.05, 0.1) is 0 Å². The summed E-state index contributed by atoms with van der Waals surface area (Å²) in [6.45, 7) is 3.98. The van der Waals surface area contributed by atoms with Crippen LogP contribution in [0.2, 0.25) is 0 Å². The van der Waals surface area contributed by atoms with Crippen molar-refractivity contribution in [2.75, 3.05) is 6.61 Å². The van der Waals surface area contributed by atoms with Gasteiger partial charge in [-0.2, -0.15) is 0 Å². The predicted octanol–water partition coefficient (Wildman–Crippen LogP) is 4.98. The van der Waals surface area contributed by atoms with Crippen molar-refractivity contribution < 1.29 is 23.0 Å². The molecule has 30 heavy (non-hydrogen) atoms. The Labute approximate surface area is 172 Å². The first kappa shape index (κ1) is 21.7. The molecule has 0 saturated heterocycles. The molecule has 0 radical (unpaired) electrons. The summed E-state index contributed by atoms with van der Waals surface area (Å²) in [5.41, 5.74) is 2.86. The third-order valence-electron chi connectivity index (χ3n) is 4.73. The van der Waals surface area contributed by atoms with Gasteiger partial charge in [0, 0.05) is 42.4 Å². The predicted molar refractivity (Wildman–Crippen MR) is 106 cm³/mol. The Morgan fingerprint density at radius 1 is 0.933 bits per heavy atom. The lowest BCUT2D eigenvalue weighted by atomic mass is 9.79. The quantitative estimate of drug-likeness (QED) is 0.587. The summed E-state index contributed by atoms with van der Waals surface area (Å²) in [6.07, 6.45) is 2.54. The van der Waals surface area contributed by atoms with E-state index in [2.05, 4.69) is 19.7 Å². The first-order valence-electron chi connectivity index (χ1n) is 9.35. The fourth-order valence-electron chi connectivity index (χ4n) is 3.13. The second kappa shape index (κ2) is 8.79. The molecule has 0 fully saturated rings. The van der Waals surface area contributed by atoms with Crippen LogP contribution in [0.5, 0.6) is 5.75 Å². The zero-order chi connectivity index (χ0) is 21.8. The molecule has 0 amide bonds. The number of hydrogen-bond acceptors (Lipinski definition) is 5. The number of nitrogens with zero attached hydrogens (tertiary/aromatic N) is 3. The summed E-state index contributed by atoms with van der Waals surface area (Å²) in [4.78, 5) is 12.8. The van der Waals surface area contributed by atoms with Crippen molar-refractivity contribution >= 4 is 0 Å². The van der Waals surface area contributed by atoms with Crippen molar-refractivity contribution in [1.82, 2.24) is 15.0 Å². The highest BCUT2D eigenvalue weighted by molar-refractivity contribution is 5.63. The van der Waals surface area contributed by atoms with E-state index in [0.717, 1.165) is 22.4 Å². The Morgan fingerprint density at radius 2 is 1.57 bits per heavy atom. The summed E-state index contributed by atoms with van der Waals surface area (Å²) >= 11 is 0. The molecule has 8 heteroatoms. The normalized spacial score (nSPS) is 13.1. The molecule has 3 aromatic rings. The van der Waals surface area contributed by atoms with Gasteiger partial charge in [-0.3, -0.25) is 4.98 Å². The van der Waals surface area contributed by atoms with E-state index >= 15 is 0 Å². The lowest BCUT2D eigenvalue weighted by molar-refractivity contribution is -0.274. The topological polar surface area (TPSA) is 68.1 Å². The van der Waals surface area contributed by atoms with Crippen LogP contribution in [-0.4, -0.2) is 33.0 Å². The third kappa shape index (κ3) is 5.76. The number of halogens is 3. The number of aromatic nitrogens is 3. The average Bonchev–Trinajstić information content (AvgIpc) is 2.72. The molecule has 0 spiro atoms. The highest BCUT2D eigenvalue weighted by Crippen LogP contribution is 2.35. The summed E-state index contributed by atoms with van der Waals surface area (Å²) in [5, 5.41) is 9.69. The maximum Gasteiger partial charge on any atom is 0.573 e. The molecule has 2 heterocycles. The molecule has 2 aromatic heterocycles. The van der Waals surface area contributed by atoms with Crippen LogP contribution in [0.1, 0.15) is 37.4 Å². The fraction of sp³-hybridized carbons (Fsp3) is 0.318. The minimum Gasteiger partial charge on any atom is -0.406 e. The largest absolute Gasteiger partial charge is 0.573 e. The van der Waals surface area contributed by atoms with Crippen LogP contribution in [-0.2, 0) is 0 Å². The average molecular weight is 417 g/mol. The van der Waals surface area contributed by atoms with Crippen LogP contribution in [0.15, 0.2) is 61.3 Å². The molecule has 0 bridgehead atoms. The minimum absolute atomic E-state index is 0.0294. The van der Waals surface area contributed by atoms with E-state index in [4.69, 9.17) is 0 Å².